The molecule has 0 heterocycles. The van der Waals surface area contributed by atoms with Gasteiger partial charge in [-0.1, -0.05) is 6.42 Å². The third kappa shape index (κ3) is 7.49. The van der Waals surface area contributed by atoms with Crippen molar-refractivity contribution in [2.45, 2.75) is 25.3 Å². The van der Waals surface area contributed by atoms with E-state index in [-0.39, 0.29) is 6.04 Å². The molecule has 11 heavy (non-hydrogen) atoms. The first-order valence-electron chi connectivity index (χ1n) is 4.02. The molecule has 0 aromatic heterocycles. The number of aldehydes is 1. The highest BCUT2D eigenvalue weighted by Gasteiger charge is 1.98. The third-order valence-corrected chi connectivity index (χ3v) is 1.57. The maximum Gasteiger partial charge on any atom is 0.136 e. The topological polar surface area (TPSA) is 46.3 Å². The van der Waals surface area contributed by atoms with Crippen LogP contribution >= 0.6 is 0 Å². The monoisotopic (exact) mass is 158 g/mol. The number of nitrogens with two attached hydrogens (primary N) is 1. The van der Waals surface area contributed by atoms with Gasteiger partial charge < -0.3 is 15.4 Å². The Morgan fingerprint density at radius 3 is 2.55 bits per heavy atom. The predicted molar refractivity (Wildman–Crippen MR) is 46.4 cm³/mol. The summed E-state index contributed by atoms with van der Waals surface area (Å²) in [6, 6.07) is -0.253. The fourth-order valence-corrected chi connectivity index (χ4v) is 0.876. The van der Waals surface area contributed by atoms with Crippen molar-refractivity contribution in [1.82, 2.24) is 4.90 Å². The molecule has 0 saturated carbocycles. The highest BCUT2D eigenvalue weighted by atomic mass is 16.1. The number of hydrogen-bond donors (Lipinski definition) is 1. The zero-order valence-corrected chi connectivity index (χ0v) is 7.42. The Labute approximate surface area is 68.6 Å². The van der Waals surface area contributed by atoms with Gasteiger partial charge in [0.25, 0.3) is 0 Å². The minimum atomic E-state index is -0.253. The smallest absolute Gasteiger partial charge is 0.136 e. The number of carbonyl (C=O) groups excluding carboxylic acids is 1. The van der Waals surface area contributed by atoms with Gasteiger partial charge in [0, 0.05) is 0 Å². The molecule has 1 atom stereocenters. The lowest BCUT2D eigenvalue weighted by Gasteiger charge is -2.09. The van der Waals surface area contributed by atoms with Gasteiger partial charge in [-0.15, -0.1) is 0 Å². The van der Waals surface area contributed by atoms with Crippen LogP contribution in [0.1, 0.15) is 19.3 Å². The van der Waals surface area contributed by atoms with E-state index in [1.807, 2.05) is 14.1 Å². The lowest BCUT2D eigenvalue weighted by Crippen LogP contribution is -2.21. The minimum absolute atomic E-state index is 0.253. The molecule has 0 spiro atoms. The molecule has 2 N–H and O–H groups in total. The summed E-state index contributed by atoms with van der Waals surface area (Å²) in [5.41, 5.74) is 5.41. The van der Waals surface area contributed by atoms with E-state index in [0.29, 0.717) is 0 Å². The molecule has 0 rings (SSSR count). The van der Waals surface area contributed by atoms with Crippen LogP contribution in [-0.4, -0.2) is 37.9 Å². The molecule has 0 radical (unpaired) electrons. The van der Waals surface area contributed by atoms with Gasteiger partial charge in [0.15, 0.2) is 0 Å². The maximum absolute atomic E-state index is 10.1. The molecule has 1 unspecified atom stereocenters. The van der Waals surface area contributed by atoms with E-state index in [4.69, 9.17) is 5.73 Å². The van der Waals surface area contributed by atoms with E-state index in [0.717, 1.165) is 32.1 Å². The zero-order valence-electron chi connectivity index (χ0n) is 7.42. The number of rotatable bonds is 6. The molecule has 0 aromatic rings. The number of hydrogen-bond acceptors (Lipinski definition) is 3. The van der Waals surface area contributed by atoms with E-state index in [1.165, 1.54) is 0 Å². The van der Waals surface area contributed by atoms with Crippen LogP contribution in [0.2, 0.25) is 0 Å². The average molecular weight is 158 g/mol. The third-order valence-electron chi connectivity index (χ3n) is 1.57. The van der Waals surface area contributed by atoms with Crippen LogP contribution in [0.4, 0.5) is 0 Å². The van der Waals surface area contributed by atoms with E-state index in [9.17, 15) is 4.79 Å². The molecule has 3 heteroatoms. The van der Waals surface area contributed by atoms with Gasteiger partial charge in [0.05, 0.1) is 6.04 Å². The Hall–Kier alpha value is -0.410. The molecule has 0 aliphatic carbocycles. The molecule has 66 valence electrons. The average Bonchev–Trinajstić information content (AvgIpc) is 1.97. The van der Waals surface area contributed by atoms with Gasteiger partial charge in [-0.3, -0.25) is 0 Å². The molecule has 3 nitrogen and oxygen atoms in total. The van der Waals surface area contributed by atoms with Gasteiger partial charge >= 0.3 is 0 Å². The number of carbonyl (C=O) groups is 1. The van der Waals surface area contributed by atoms with Crippen molar-refractivity contribution in [2.24, 2.45) is 5.73 Å². The van der Waals surface area contributed by atoms with Gasteiger partial charge in [-0.2, -0.15) is 0 Å². The van der Waals surface area contributed by atoms with Crippen molar-refractivity contribution in [1.29, 1.82) is 0 Å². The molecular formula is C8H18N2O. The summed E-state index contributed by atoms with van der Waals surface area (Å²) in [5.74, 6) is 0. The fraction of sp³-hybridized carbons (Fsp3) is 0.875. The Morgan fingerprint density at radius 1 is 1.45 bits per heavy atom. The van der Waals surface area contributed by atoms with Crippen LogP contribution in [0.3, 0.4) is 0 Å². The first-order valence-corrected chi connectivity index (χ1v) is 4.02. The Balaban J connectivity index is 3.07. The summed E-state index contributed by atoms with van der Waals surface area (Å²) < 4.78 is 0. The molecule has 0 fully saturated rings. The first kappa shape index (κ1) is 10.6. The molecule has 0 saturated heterocycles. The maximum atomic E-state index is 10.1. The molecule has 0 amide bonds. The van der Waals surface area contributed by atoms with Crippen LogP contribution < -0.4 is 5.73 Å². The van der Waals surface area contributed by atoms with Crippen molar-refractivity contribution >= 4 is 6.29 Å². The van der Waals surface area contributed by atoms with Crippen LogP contribution in [0.5, 0.6) is 0 Å². The highest BCUT2D eigenvalue weighted by molar-refractivity contribution is 5.56. The quantitative estimate of drug-likeness (QED) is 0.445. The van der Waals surface area contributed by atoms with Crippen molar-refractivity contribution in [3.05, 3.63) is 0 Å². The normalized spacial score (nSPS) is 13.5. The standard InChI is InChI=1S/C8H18N2O/c1-10(2)6-4-3-5-8(9)7-11/h7-8H,3-6,9H2,1-2H3. The molecule has 0 bridgehead atoms. The highest BCUT2D eigenvalue weighted by Crippen LogP contribution is 1.97. The fourth-order valence-electron chi connectivity index (χ4n) is 0.876. The lowest BCUT2D eigenvalue weighted by molar-refractivity contribution is -0.109. The van der Waals surface area contributed by atoms with E-state index < -0.39 is 0 Å². The van der Waals surface area contributed by atoms with Gasteiger partial charge in [-0.25, -0.2) is 0 Å². The second-order valence-corrected chi connectivity index (χ2v) is 3.10. The van der Waals surface area contributed by atoms with E-state index in [1.54, 1.807) is 0 Å². The van der Waals surface area contributed by atoms with Crippen LogP contribution in [-0.2, 0) is 4.79 Å². The predicted octanol–water partition coefficient (Wildman–Crippen LogP) is 0.244. The summed E-state index contributed by atoms with van der Waals surface area (Å²) in [7, 11) is 4.08. The molecule has 0 aromatic carbocycles. The zero-order chi connectivity index (χ0) is 8.69. The summed E-state index contributed by atoms with van der Waals surface area (Å²) >= 11 is 0. The van der Waals surface area contributed by atoms with Crippen molar-refractivity contribution in [3.8, 4) is 0 Å². The second-order valence-electron chi connectivity index (χ2n) is 3.10. The molecule has 0 aliphatic rings. The summed E-state index contributed by atoms with van der Waals surface area (Å²) in [4.78, 5) is 12.2. The Bertz CT molecular complexity index is 104. The van der Waals surface area contributed by atoms with Gasteiger partial charge in [0.2, 0.25) is 0 Å². The Kier molecular flexibility index (Phi) is 6.07. The Morgan fingerprint density at radius 2 is 2.09 bits per heavy atom. The van der Waals surface area contributed by atoms with Crippen molar-refractivity contribution in [3.63, 3.8) is 0 Å². The summed E-state index contributed by atoms with van der Waals surface area (Å²) in [6.07, 6.45) is 3.79. The minimum Gasteiger partial charge on any atom is -0.322 e. The number of unbranched alkanes of at least 4 members (excludes halogenated alkanes) is 1. The first-order chi connectivity index (χ1) is 5.16. The van der Waals surface area contributed by atoms with Gasteiger partial charge in [0.1, 0.15) is 6.29 Å². The summed E-state index contributed by atoms with van der Waals surface area (Å²) in [5, 5.41) is 0. The second kappa shape index (κ2) is 6.31. The molecule has 0 aliphatic heterocycles. The van der Waals surface area contributed by atoms with Crippen molar-refractivity contribution in [2.75, 3.05) is 20.6 Å². The van der Waals surface area contributed by atoms with E-state index >= 15 is 0 Å². The van der Waals surface area contributed by atoms with Crippen LogP contribution in [0.25, 0.3) is 0 Å². The van der Waals surface area contributed by atoms with Crippen molar-refractivity contribution < 1.29 is 4.79 Å². The largest absolute Gasteiger partial charge is 0.322 e. The SMILES string of the molecule is CN(C)CCCCC(N)C=O. The van der Waals surface area contributed by atoms with Crippen LogP contribution in [0.15, 0.2) is 0 Å². The van der Waals surface area contributed by atoms with Crippen LogP contribution in [0, 0.1) is 0 Å². The van der Waals surface area contributed by atoms with Gasteiger partial charge in [-0.05, 0) is 33.5 Å². The number of nitrogens with zero attached hydrogens (tertiary/aromatic N) is 1. The molecular weight excluding hydrogens is 140 g/mol. The lowest BCUT2D eigenvalue weighted by atomic mass is 10.1. The van der Waals surface area contributed by atoms with E-state index in [2.05, 4.69) is 4.90 Å². The summed E-state index contributed by atoms with van der Waals surface area (Å²) in [6.45, 7) is 1.07.